The van der Waals surface area contributed by atoms with Crippen LogP contribution in [0.1, 0.15) is 44.7 Å². The van der Waals surface area contributed by atoms with Crippen LogP contribution in [-0.4, -0.2) is 48.8 Å². The van der Waals surface area contributed by atoms with Crippen molar-refractivity contribution in [3.63, 3.8) is 0 Å². The molecule has 27 heavy (non-hydrogen) atoms. The van der Waals surface area contributed by atoms with Gasteiger partial charge >= 0.3 is 5.97 Å². The number of hydrogen-bond donors (Lipinski definition) is 4. The van der Waals surface area contributed by atoms with Crippen molar-refractivity contribution >= 4 is 11.8 Å². The number of nitrogens with two attached hydrogens (primary N) is 2. The number of aliphatic carboxylic acids is 1. The van der Waals surface area contributed by atoms with Crippen LogP contribution in [-0.2, 0) is 16.1 Å². The standard InChI is InChI=1S/C17H26N4O4.C2H6/c1-17(25-19,16(22)23)14-7-5-11-10-12(4-6-13(11)24-14)15(20-2)21-9-3-8-18;1-2/h4,6,10,14H,3,5,7-9,18-19H2,1-2H3,(H,20,21)(H,22,23);1-2H3. The van der Waals surface area contributed by atoms with E-state index in [0.29, 0.717) is 25.1 Å². The Labute approximate surface area is 160 Å². The average molecular weight is 380 g/mol. The van der Waals surface area contributed by atoms with E-state index in [9.17, 15) is 9.90 Å². The van der Waals surface area contributed by atoms with Crippen molar-refractivity contribution in [3.8, 4) is 5.75 Å². The summed E-state index contributed by atoms with van der Waals surface area (Å²) in [6, 6.07) is 5.72. The number of amidine groups is 1. The zero-order valence-electron chi connectivity index (χ0n) is 16.6. The minimum atomic E-state index is -1.59. The molecule has 8 nitrogen and oxygen atoms in total. The van der Waals surface area contributed by atoms with Gasteiger partial charge in [0.1, 0.15) is 17.7 Å². The molecule has 0 fully saturated rings. The first-order valence-corrected chi connectivity index (χ1v) is 9.28. The fraction of sp³-hybridized carbons (Fsp3) is 0.579. The molecule has 0 saturated carbocycles. The molecule has 6 N–H and O–H groups in total. The lowest BCUT2D eigenvalue weighted by atomic mass is 9.90. The number of carboxylic acid groups (broad SMARTS) is 1. The van der Waals surface area contributed by atoms with E-state index in [4.69, 9.17) is 21.2 Å². The van der Waals surface area contributed by atoms with E-state index in [1.165, 1.54) is 6.92 Å². The zero-order valence-corrected chi connectivity index (χ0v) is 16.6. The highest BCUT2D eigenvalue weighted by molar-refractivity contribution is 5.99. The summed E-state index contributed by atoms with van der Waals surface area (Å²) in [6.07, 6.45) is 1.37. The summed E-state index contributed by atoms with van der Waals surface area (Å²) in [4.78, 5) is 20.5. The fourth-order valence-electron chi connectivity index (χ4n) is 2.81. The van der Waals surface area contributed by atoms with Gasteiger partial charge < -0.3 is 20.9 Å². The Kier molecular flexibility index (Phi) is 9.20. The van der Waals surface area contributed by atoms with Crippen molar-refractivity contribution in [1.29, 1.82) is 0 Å². The number of aliphatic imine (C=N–C) groups is 1. The SMILES string of the molecule is CC.CN=C(NCCCN)c1ccc2c(c1)CCC(C(C)(ON)C(=O)O)O2. The summed E-state index contributed by atoms with van der Waals surface area (Å²) in [5.74, 6) is 5.49. The van der Waals surface area contributed by atoms with E-state index >= 15 is 0 Å². The van der Waals surface area contributed by atoms with Crippen LogP contribution in [0, 0.1) is 0 Å². The molecule has 0 amide bonds. The second-order valence-electron chi connectivity index (χ2n) is 6.14. The molecule has 1 aliphatic heterocycles. The first-order valence-electron chi connectivity index (χ1n) is 9.28. The molecule has 152 valence electrons. The third-order valence-electron chi connectivity index (χ3n) is 4.46. The number of ether oxygens (including phenoxy) is 1. The number of benzene rings is 1. The summed E-state index contributed by atoms with van der Waals surface area (Å²) in [5.41, 5.74) is 5.88. The predicted octanol–water partition coefficient (Wildman–Crippen LogP) is 1.45. The maximum Gasteiger partial charge on any atom is 0.341 e. The first-order chi connectivity index (χ1) is 13.0. The van der Waals surface area contributed by atoms with Gasteiger partial charge in [0.25, 0.3) is 0 Å². The van der Waals surface area contributed by atoms with Gasteiger partial charge in [0.15, 0.2) is 0 Å². The van der Waals surface area contributed by atoms with Crippen molar-refractivity contribution in [2.75, 3.05) is 20.1 Å². The third-order valence-corrected chi connectivity index (χ3v) is 4.46. The average Bonchev–Trinajstić information content (AvgIpc) is 2.71. The predicted molar refractivity (Wildman–Crippen MR) is 106 cm³/mol. The molecule has 0 radical (unpaired) electrons. The molecule has 0 bridgehead atoms. The Morgan fingerprint density at radius 2 is 2.19 bits per heavy atom. The zero-order chi connectivity index (χ0) is 20.4. The number of carboxylic acids is 1. The van der Waals surface area contributed by atoms with Gasteiger partial charge in [-0.05, 0) is 56.5 Å². The van der Waals surface area contributed by atoms with Gasteiger partial charge in [-0.15, -0.1) is 0 Å². The topological polar surface area (TPSA) is 132 Å². The summed E-state index contributed by atoms with van der Waals surface area (Å²) >= 11 is 0. The Balaban J connectivity index is 0.00000176. The Morgan fingerprint density at radius 1 is 1.48 bits per heavy atom. The molecule has 1 aromatic rings. The Bertz CT molecular complexity index is 651. The van der Waals surface area contributed by atoms with Crippen LogP contribution in [0.4, 0.5) is 0 Å². The van der Waals surface area contributed by atoms with Crippen LogP contribution >= 0.6 is 0 Å². The van der Waals surface area contributed by atoms with Gasteiger partial charge in [-0.2, -0.15) is 0 Å². The lowest BCUT2D eigenvalue weighted by Crippen LogP contribution is -2.54. The fourth-order valence-corrected chi connectivity index (χ4v) is 2.81. The maximum absolute atomic E-state index is 11.5. The molecular formula is C19H32N4O4. The molecule has 2 atom stereocenters. The van der Waals surface area contributed by atoms with E-state index in [0.717, 1.165) is 29.9 Å². The number of aryl methyl sites for hydroxylation is 1. The van der Waals surface area contributed by atoms with Gasteiger partial charge in [-0.1, -0.05) is 13.8 Å². The first kappa shape index (κ1) is 22.9. The van der Waals surface area contributed by atoms with E-state index < -0.39 is 17.7 Å². The van der Waals surface area contributed by atoms with E-state index in [1.807, 2.05) is 32.0 Å². The number of hydrogen-bond acceptors (Lipinski definition) is 6. The molecule has 2 unspecified atom stereocenters. The van der Waals surface area contributed by atoms with Gasteiger partial charge in [0, 0.05) is 19.2 Å². The van der Waals surface area contributed by atoms with Gasteiger partial charge in [-0.25, -0.2) is 10.7 Å². The molecular weight excluding hydrogens is 348 g/mol. The van der Waals surface area contributed by atoms with Gasteiger partial charge in [0.2, 0.25) is 5.60 Å². The number of nitrogens with zero attached hydrogens (tertiary/aromatic N) is 1. The molecule has 0 spiro atoms. The summed E-state index contributed by atoms with van der Waals surface area (Å²) in [7, 11) is 1.73. The molecule has 0 aromatic heterocycles. The van der Waals surface area contributed by atoms with Crippen molar-refractivity contribution in [2.24, 2.45) is 16.6 Å². The molecule has 8 heteroatoms. The minimum absolute atomic E-state index is 0.496. The van der Waals surface area contributed by atoms with E-state index in [1.54, 1.807) is 7.05 Å². The number of fused-ring (bicyclic) bond motifs is 1. The van der Waals surface area contributed by atoms with Crippen molar-refractivity contribution in [2.45, 2.75) is 51.7 Å². The van der Waals surface area contributed by atoms with E-state index in [-0.39, 0.29) is 0 Å². The summed E-state index contributed by atoms with van der Waals surface area (Å²) < 4.78 is 5.85. The second-order valence-corrected chi connectivity index (χ2v) is 6.14. The minimum Gasteiger partial charge on any atom is -0.486 e. The maximum atomic E-state index is 11.5. The monoisotopic (exact) mass is 380 g/mol. The van der Waals surface area contributed by atoms with Crippen LogP contribution in [0.25, 0.3) is 0 Å². The number of rotatable bonds is 7. The second kappa shape index (κ2) is 10.9. The lowest BCUT2D eigenvalue weighted by Gasteiger charge is -2.35. The van der Waals surface area contributed by atoms with Crippen LogP contribution in [0.2, 0.25) is 0 Å². The van der Waals surface area contributed by atoms with Crippen LogP contribution < -0.4 is 21.7 Å². The smallest absolute Gasteiger partial charge is 0.341 e. The van der Waals surface area contributed by atoms with Crippen LogP contribution in [0.15, 0.2) is 23.2 Å². The van der Waals surface area contributed by atoms with Crippen molar-refractivity contribution < 1.29 is 19.5 Å². The highest BCUT2D eigenvalue weighted by Gasteiger charge is 2.46. The quantitative estimate of drug-likeness (QED) is 0.244. The summed E-state index contributed by atoms with van der Waals surface area (Å²) in [5, 5.41) is 12.6. The van der Waals surface area contributed by atoms with E-state index in [2.05, 4.69) is 10.3 Å². The number of carbonyl (C=O) groups is 1. The molecule has 1 aliphatic rings. The normalized spacial score (nSPS) is 18.3. The largest absolute Gasteiger partial charge is 0.486 e. The lowest BCUT2D eigenvalue weighted by molar-refractivity contribution is -0.179. The highest BCUT2D eigenvalue weighted by atomic mass is 16.7. The molecule has 0 saturated heterocycles. The third kappa shape index (κ3) is 5.41. The molecule has 0 aliphatic carbocycles. The van der Waals surface area contributed by atoms with Gasteiger partial charge in [-0.3, -0.25) is 9.83 Å². The Hall–Kier alpha value is -2.16. The molecule has 1 aromatic carbocycles. The molecule has 2 rings (SSSR count). The summed E-state index contributed by atoms with van der Waals surface area (Å²) in [6.45, 7) is 6.79. The highest BCUT2D eigenvalue weighted by Crippen LogP contribution is 2.33. The van der Waals surface area contributed by atoms with Crippen molar-refractivity contribution in [1.82, 2.24) is 5.32 Å². The van der Waals surface area contributed by atoms with Gasteiger partial charge in [0.05, 0.1) is 0 Å². The Morgan fingerprint density at radius 3 is 2.74 bits per heavy atom. The number of nitrogens with one attached hydrogen (secondary N) is 1. The van der Waals surface area contributed by atoms with Crippen LogP contribution in [0.5, 0.6) is 5.75 Å². The van der Waals surface area contributed by atoms with Crippen LogP contribution in [0.3, 0.4) is 0 Å². The molecule has 1 heterocycles. The van der Waals surface area contributed by atoms with Crippen molar-refractivity contribution in [3.05, 3.63) is 29.3 Å².